The van der Waals surface area contributed by atoms with Crippen molar-refractivity contribution >= 4 is 49.6 Å². The van der Waals surface area contributed by atoms with E-state index in [1.54, 1.807) is 7.05 Å². The molecule has 3 aromatic rings. The lowest BCUT2D eigenvalue weighted by Gasteiger charge is -2.15. The second kappa shape index (κ2) is 5.58. The first-order chi connectivity index (χ1) is 9.97. The van der Waals surface area contributed by atoms with Crippen molar-refractivity contribution in [2.45, 2.75) is 6.04 Å². The fraction of sp³-hybridized carbons (Fsp3) is 0.133. The number of nitrogens with zero attached hydrogens (tertiary/aromatic N) is 1. The third kappa shape index (κ3) is 2.67. The maximum Gasteiger partial charge on any atom is 0.419 e. The molecule has 21 heavy (non-hydrogen) atoms. The van der Waals surface area contributed by atoms with Crippen LogP contribution in [-0.2, 0) is 7.05 Å². The number of nitrogens with two attached hydrogens (primary N) is 1. The summed E-state index contributed by atoms with van der Waals surface area (Å²) in [6.07, 6.45) is 0. The Hall–Kier alpha value is -1.12. The molecule has 6 heteroatoms. The van der Waals surface area contributed by atoms with E-state index in [4.69, 9.17) is 10.2 Å². The van der Waals surface area contributed by atoms with Crippen LogP contribution in [0.3, 0.4) is 0 Å². The standard InChI is InChI=1S/C15H12BrIN2O2/c1-19-12-5-2-8(6-13(12)21-15(19)20)14(18)10-7-9(16)3-4-11(10)17/h2-7,14H,18H2,1H3. The summed E-state index contributed by atoms with van der Waals surface area (Å²) in [7, 11) is 1.69. The third-order valence-corrected chi connectivity index (χ3v) is 4.94. The van der Waals surface area contributed by atoms with Gasteiger partial charge in [0.1, 0.15) is 0 Å². The van der Waals surface area contributed by atoms with Crippen molar-refractivity contribution in [1.82, 2.24) is 4.57 Å². The summed E-state index contributed by atoms with van der Waals surface area (Å²) in [5, 5.41) is 0. The zero-order chi connectivity index (χ0) is 15.1. The second-order valence-electron chi connectivity index (χ2n) is 4.80. The Kier molecular flexibility index (Phi) is 3.94. The number of fused-ring (bicyclic) bond motifs is 1. The van der Waals surface area contributed by atoms with Gasteiger partial charge >= 0.3 is 5.76 Å². The summed E-state index contributed by atoms with van der Waals surface area (Å²) < 4.78 is 8.78. The quantitative estimate of drug-likeness (QED) is 0.597. The van der Waals surface area contributed by atoms with Gasteiger partial charge in [-0.3, -0.25) is 4.57 Å². The van der Waals surface area contributed by atoms with Crippen molar-refractivity contribution in [3.8, 4) is 0 Å². The van der Waals surface area contributed by atoms with Crippen molar-refractivity contribution < 1.29 is 4.42 Å². The van der Waals surface area contributed by atoms with Crippen LogP contribution >= 0.6 is 38.5 Å². The molecule has 1 aromatic heterocycles. The Labute approximate surface area is 143 Å². The summed E-state index contributed by atoms with van der Waals surface area (Å²) in [5.41, 5.74) is 9.63. The van der Waals surface area contributed by atoms with Gasteiger partial charge in [-0.15, -0.1) is 0 Å². The summed E-state index contributed by atoms with van der Waals surface area (Å²) in [6, 6.07) is 11.4. The zero-order valence-electron chi connectivity index (χ0n) is 11.1. The molecule has 0 radical (unpaired) electrons. The Bertz CT molecular complexity index is 885. The highest BCUT2D eigenvalue weighted by Crippen LogP contribution is 2.28. The first-order valence-electron chi connectivity index (χ1n) is 6.27. The van der Waals surface area contributed by atoms with E-state index in [0.717, 1.165) is 24.7 Å². The molecule has 0 bridgehead atoms. The molecule has 4 nitrogen and oxygen atoms in total. The van der Waals surface area contributed by atoms with E-state index in [1.165, 1.54) is 4.57 Å². The minimum Gasteiger partial charge on any atom is -0.408 e. The monoisotopic (exact) mass is 458 g/mol. The number of oxazole rings is 1. The average molecular weight is 459 g/mol. The van der Waals surface area contributed by atoms with Crippen molar-refractivity contribution in [1.29, 1.82) is 0 Å². The lowest BCUT2D eigenvalue weighted by molar-refractivity contribution is 0.527. The summed E-state index contributed by atoms with van der Waals surface area (Å²) in [4.78, 5) is 11.5. The van der Waals surface area contributed by atoms with Crippen LogP contribution in [0.5, 0.6) is 0 Å². The molecule has 0 spiro atoms. The van der Waals surface area contributed by atoms with Gasteiger partial charge in [0.15, 0.2) is 5.58 Å². The minimum absolute atomic E-state index is 0.274. The van der Waals surface area contributed by atoms with E-state index in [-0.39, 0.29) is 11.8 Å². The highest BCUT2D eigenvalue weighted by molar-refractivity contribution is 14.1. The Morgan fingerprint density at radius 1 is 1.29 bits per heavy atom. The molecule has 1 unspecified atom stereocenters. The molecule has 108 valence electrons. The Balaban J connectivity index is 2.11. The van der Waals surface area contributed by atoms with Crippen molar-refractivity contribution in [3.05, 3.63) is 66.1 Å². The van der Waals surface area contributed by atoms with Crippen molar-refractivity contribution in [3.63, 3.8) is 0 Å². The van der Waals surface area contributed by atoms with Crippen molar-refractivity contribution in [2.24, 2.45) is 12.8 Å². The van der Waals surface area contributed by atoms with Gasteiger partial charge in [0.2, 0.25) is 0 Å². The van der Waals surface area contributed by atoms with Crippen LogP contribution in [0.1, 0.15) is 17.2 Å². The molecule has 0 aliphatic carbocycles. The fourth-order valence-corrected chi connectivity index (χ4v) is 3.33. The molecule has 0 aliphatic heterocycles. The van der Waals surface area contributed by atoms with Gasteiger partial charge in [-0.1, -0.05) is 22.0 Å². The topological polar surface area (TPSA) is 61.2 Å². The number of hydrogen-bond acceptors (Lipinski definition) is 3. The number of hydrogen-bond donors (Lipinski definition) is 1. The fourth-order valence-electron chi connectivity index (χ4n) is 2.28. The minimum atomic E-state index is -0.368. The molecule has 0 saturated carbocycles. The normalized spacial score (nSPS) is 12.8. The van der Waals surface area contributed by atoms with Crippen LogP contribution in [0, 0.1) is 3.57 Å². The first-order valence-corrected chi connectivity index (χ1v) is 8.14. The molecule has 2 N–H and O–H groups in total. The number of rotatable bonds is 2. The SMILES string of the molecule is Cn1c(=O)oc2cc(C(N)c3cc(Br)ccc3I)ccc21. The maximum atomic E-state index is 11.5. The lowest BCUT2D eigenvalue weighted by Crippen LogP contribution is -2.13. The summed E-state index contributed by atoms with van der Waals surface area (Å²) >= 11 is 5.74. The van der Waals surface area contributed by atoms with E-state index >= 15 is 0 Å². The van der Waals surface area contributed by atoms with Gasteiger partial charge in [0, 0.05) is 15.1 Å². The average Bonchev–Trinajstić information content (AvgIpc) is 2.75. The van der Waals surface area contributed by atoms with Crippen LogP contribution < -0.4 is 11.5 Å². The summed E-state index contributed by atoms with van der Waals surface area (Å²) in [6.45, 7) is 0. The van der Waals surface area contributed by atoms with E-state index in [9.17, 15) is 4.79 Å². The van der Waals surface area contributed by atoms with Crippen LogP contribution in [-0.4, -0.2) is 4.57 Å². The molecular weight excluding hydrogens is 447 g/mol. The van der Waals surface area contributed by atoms with Crippen molar-refractivity contribution in [2.75, 3.05) is 0 Å². The molecule has 1 heterocycles. The molecule has 2 aromatic carbocycles. The highest BCUT2D eigenvalue weighted by Gasteiger charge is 2.15. The van der Waals surface area contributed by atoms with Gasteiger partial charge in [0.25, 0.3) is 0 Å². The third-order valence-electron chi connectivity index (χ3n) is 3.47. The van der Waals surface area contributed by atoms with Crippen LogP contribution in [0.25, 0.3) is 11.1 Å². The second-order valence-corrected chi connectivity index (χ2v) is 6.88. The van der Waals surface area contributed by atoms with Crippen LogP contribution in [0.4, 0.5) is 0 Å². The molecule has 3 rings (SSSR count). The molecule has 0 amide bonds. The zero-order valence-corrected chi connectivity index (χ0v) is 14.9. The first kappa shape index (κ1) is 14.8. The Morgan fingerprint density at radius 3 is 2.81 bits per heavy atom. The number of aryl methyl sites for hydroxylation is 1. The van der Waals surface area contributed by atoms with Gasteiger partial charge in [0.05, 0.1) is 11.6 Å². The molecule has 1 atom stereocenters. The molecule has 0 aliphatic rings. The smallest absolute Gasteiger partial charge is 0.408 e. The maximum absolute atomic E-state index is 11.5. The highest BCUT2D eigenvalue weighted by atomic mass is 127. The van der Waals surface area contributed by atoms with E-state index < -0.39 is 0 Å². The number of aromatic nitrogens is 1. The van der Waals surface area contributed by atoms with E-state index in [1.807, 2.05) is 36.4 Å². The Morgan fingerprint density at radius 2 is 2.05 bits per heavy atom. The number of benzene rings is 2. The van der Waals surface area contributed by atoms with Crippen LogP contribution in [0.2, 0.25) is 0 Å². The predicted molar refractivity (Wildman–Crippen MR) is 94.3 cm³/mol. The van der Waals surface area contributed by atoms with E-state index in [0.29, 0.717) is 5.58 Å². The molecular formula is C15H12BrIN2O2. The van der Waals surface area contributed by atoms with Crippen LogP contribution in [0.15, 0.2) is 50.1 Å². The predicted octanol–water partition coefficient (Wildman–Crippen LogP) is 3.55. The molecule has 0 saturated heterocycles. The molecule has 0 fully saturated rings. The van der Waals surface area contributed by atoms with Gasteiger partial charge in [-0.05, 0) is 64.0 Å². The van der Waals surface area contributed by atoms with Gasteiger partial charge < -0.3 is 10.2 Å². The lowest BCUT2D eigenvalue weighted by atomic mass is 9.99. The largest absolute Gasteiger partial charge is 0.419 e. The summed E-state index contributed by atoms with van der Waals surface area (Å²) in [5.74, 6) is -0.368. The number of halogens is 2. The van der Waals surface area contributed by atoms with Gasteiger partial charge in [-0.2, -0.15) is 0 Å². The van der Waals surface area contributed by atoms with Gasteiger partial charge in [-0.25, -0.2) is 4.79 Å². The van der Waals surface area contributed by atoms with E-state index in [2.05, 4.69) is 38.5 Å².